The summed E-state index contributed by atoms with van der Waals surface area (Å²) in [5.41, 5.74) is 2.12. The highest BCUT2D eigenvalue weighted by Crippen LogP contribution is 2.16. The van der Waals surface area contributed by atoms with Gasteiger partial charge < -0.3 is 5.11 Å². The lowest BCUT2D eigenvalue weighted by atomic mass is 10.1. The third-order valence-electron chi connectivity index (χ3n) is 2.65. The molecule has 1 nitrogen and oxygen atoms in total. The Labute approximate surface area is 102 Å². The molecule has 1 heteroatoms. The summed E-state index contributed by atoms with van der Waals surface area (Å²) in [4.78, 5) is 0. The van der Waals surface area contributed by atoms with Crippen molar-refractivity contribution in [3.63, 3.8) is 0 Å². The van der Waals surface area contributed by atoms with Crippen LogP contribution in [0.2, 0.25) is 0 Å². The zero-order valence-electron chi connectivity index (χ0n) is 9.66. The van der Waals surface area contributed by atoms with Crippen LogP contribution >= 0.6 is 0 Å². The zero-order valence-corrected chi connectivity index (χ0v) is 9.66. The van der Waals surface area contributed by atoms with Gasteiger partial charge >= 0.3 is 0 Å². The van der Waals surface area contributed by atoms with Crippen molar-refractivity contribution in [2.45, 2.75) is 12.5 Å². The second kappa shape index (κ2) is 6.02. The van der Waals surface area contributed by atoms with Gasteiger partial charge in [0.2, 0.25) is 0 Å². The Balaban J connectivity index is 1.93. The van der Waals surface area contributed by atoms with Crippen molar-refractivity contribution in [2.24, 2.45) is 0 Å². The molecule has 2 aromatic rings. The van der Waals surface area contributed by atoms with Gasteiger partial charge in [0.05, 0.1) is 6.10 Å². The first-order chi connectivity index (χ1) is 8.36. The van der Waals surface area contributed by atoms with Crippen molar-refractivity contribution in [3.05, 3.63) is 77.9 Å². The molecule has 17 heavy (non-hydrogen) atoms. The summed E-state index contributed by atoms with van der Waals surface area (Å²) in [7, 11) is 0. The molecule has 86 valence electrons. The SMILES string of the molecule is O[C@H](C/C=C/c1ccccc1)c1ccccc1. The Hall–Kier alpha value is -1.86. The maximum atomic E-state index is 9.95. The molecule has 0 aliphatic rings. The molecule has 0 heterocycles. The van der Waals surface area contributed by atoms with Gasteiger partial charge in [-0.2, -0.15) is 0 Å². The molecule has 0 aliphatic carbocycles. The first-order valence-corrected chi connectivity index (χ1v) is 5.81. The van der Waals surface area contributed by atoms with Gasteiger partial charge in [0.25, 0.3) is 0 Å². The molecule has 0 radical (unpaired) electrons. The summed E-state index contributed by atoms with van der Waals surface area (Å²) < 4.78 is 0. The lowest BCUT2D eigenvalue weighted by Crippen LogP contribution is -1.94. The third kappa shape index (κ3) is 3.58. The fourth-order valence-electron chi connectivity index (χ4n) is 1.71. The van der Waals surface area contributed by atoms with Gasteiger partial charge in [-0.3, -0.25) is 0 Å². The summed E-state index contributed by atoms with van der Waals surface area (Å²) in [6.07, 6.45) is 4.26. The molecule has 1 N–H and O–H groups in total. The van der Waals surface area contributed by atoms with Gasteiger partial charge in [-0.25, -0.2) is 0 Å². The van der Waals surface area contributed by atoms with Crippen LogP contribution in [0, 0.1) is 0 Å². The maximum absolute atomic E-state index is 9.95. The number of hydrogen-bond donors (Lipinski definition) is 1. The fraction of sp³-hybridized carbons (Fsp3) is 0.125. The first kappa shape index (κ1) is 11.6. The molecule has 1 atom stereocenters. The minimum Gasteiger partial charge on any atom is -0.388 e. The second-order valence-electron chi connectivity index (χ2n) is 3.98. The third-order valence-corrected chi connectivity index (χ3v) is 2.65. The number of aliphatic hydroxyl groups excluding tert-OH is 1. The van der Waals surface area contributed by atoms with Gasteiger partial charge in [-0.05, 0) is 17.5 Å². The Morgan fingerprint density at radius 2 is 1.47 bits per heavy atom. The average molecular weight is 224 g/mol. The van der Waals surface area contributed by atoms with E-state index in [1.807, 2.05) is 72.8 Å². The number of aliphatic hydroxyl groups is 1. The predicted octanol–water partition coefficient (Wildman–Crippen LogP) is 3.82. The molecule has 0 saturated carbocycles. The molecular weight excluding hydrogens is 208 g/mol. The van der Waals surface area contributed by atoms with Crippen LogP contribution in [0.25, 0.3) is 6.08 Å². The van der Waals surface area contributed by atoms with Crippen LogP contribution in [-0.2, 0) is 0 Å². The first-order valence-electron chi connectivity index (χ1n) is 5.81. The minimum atomic E-state index is -0.420. The van der Waals surface area contributed by atoms with E-state index in [9.17, 15) is 5.11 Å². The standard InChI is InChI=1S/C16H16O/c17-16(15-11-5-2-6-12-15)13-7-10-14-8-3-1-4-9-14/h1-12,16-17H,13H2/b10-7+/t16-/m1/s1. The predicted molar refractivity (Wildman–Crippen MR) is 71.5 cm³/mol. The summed E-state index contributed by atoms with van der Waals surface area (Å²) in [5, 5.41) is 9.95. The molecule has 0 saturated heterocycles. The molecule has 0 aromatic heterocycles. The van der Waals surface area contributed by atoms with E-state index >= 15 is 0 Å². The van der Waals surface area contributed by atoms with E-state index in [4.69, 9.17) is 0 Å². The highest BCUT2D eigenvalue weighted by atomic mass is 16.3. The monoisotopic (exact) mass is 224 g/mol. The van der Waals surface area contributed by atoms with Gasteiger partial charge in [0, 0.05) is 0 Å². The lowest BCUT2D eigenvalue weighted by molar-refractivity contribution is 0.182. The molecule has 2 aromatic carbocycles. The van der Waals surface area contributed by atoms with Crippen LogP contribution in [0.3, 0.4) is 0 Å². The fourth-order valence-corrected chi connectivity index (χ4v) is 1.71. The van der Waals surface area contributed by atoms with Crippen LogP contribution in [0.1, 0.15) is 23.7 Å². The smallest absolute Gasteiger partial charge is 0.0824 e. The van der Waals surface area contributed by atoms with Gasteiger partial charge in [0.1, 0.15) is 0 Å². The Kier molecular flexibility index (Phi) is 4.11. The van der Waals surface area contributed by atoms with Crippen molar-refractivity contribution in [2.75, 3.05) is 0 Å². The molecule has 0 unspecified atom stereocenters. The molecule has 0 fully saturated rings. The molecule has 2 rings (SSSR count). The van der Waals surface area contributed by atoms with Gasteiger partial charge in [0.15, 0.2) is 0 Å². The normalized spacial score (nSPS) is 12.8. The van der Waals surface area contributed by atoms with Crippen LogP contribution in [-0.4, -0.2) is 5.11 Å². The van der Waals surface area contributed by atoms with E-state index < -0.39 is 6.10 Å². The Morgan fingerprint density at radius 3 is 2.12 bits per heavy atom. The van der Waals surface area contributed by atoms with E-state index in [0.29, 0.717) is 6.42 Å². The number of hydrogen-bond acceptors (Lipinski definition) is 1. The van der Waals surface area contributed by atoms with Crippen molar-refractivity contribution in [1.82, 2.24) is 0 Å². The van der Waals surface area contributed by atoms with Crippen LogP contribution in [0.15, 0.2) is 66.7 Å². The molecule has 0 spiro atoms. The summed E-state index contributed by atoms with van der Waals surface area (Å²) in [6.45, 7) is 0. The second-order valence-corrected chi connectivity index (χ2v) is 3.98. The lowest BCUT2D eigenvalue weighted by Gasteiger charge is -2.07. The van der Waals surface area contributed by atoms with Crippen LogP contribution < -0.4 is 0 Å². The Bertz CT molecular complexity index is 459. The minimum absolute atomic E-state index is 0.420. The molecule has 0 bridgehead atoms. The van der Waals surface area contributed by atoms with Crippen molar-refractivity contribution < 1.29 is 5.11 Å². The van der Waals surface area contributed by atoms with Crippen molar-refractivity contribution >= 4 is 6.08 Å². The van der Waals surface area contributed by atoms with E-state index in [-0.39, 0.29) is 0 Å². The number of benzene rings is 2. The van der Waals surface area contributed by atoms with Gasteiger partial charge in [-0.15, -0.1) is 0 Å². The van der Waals surface area contributed by atoms with Crippen molar-refractivity contribution in [1.29, 1.82) is 0 Å². The topological polar surface area (TPSA) is 20.2 Å². The maximum Gasteiger partial charge on any atom is 0.0824 e. The zero-order chi connectivity index (χ0) is 11.9. The van der Waals surface area contributed by atoms with E-state index in [1.165, 1.54) is 0 Å². The van der Waals surface area contributed by atoms with E-state index in [1.54, 1.807) is 0 Å². The highest BCUT2D eigenvalue weighted by molar-refractivity contribution is 5.48. The quantitative estimate of drug-likeness (QED) is 0.837. The van der Waals surface area contributed by atoms with E-state index in [0.717, 1.165) is 11.1 Å². The Morgan fingerprint density at radius 1 is 0.882 bits per heavy atom. The summed E-state index contributed by atoms with van der Waals surface area (Å²) in [5.74, 6) is 0. The largest absolute Gasteiger partial charge is 0.388 e. The summed E-state index contributed by atoms with van der Waals surface area (Å²) >= 11 is 0. The molecule has 0 amide bonds. The van der Waals surface area contributed by atoms with Gasteiger partial charge in [-0.1, -0.05) is 72.8 Å². The highest BCUT2D eigenvalue weighted by Gasteiger charge is 2.03. The number of rotatable bonds is 4. The summed E-state index contributed by atoms with van der Waals surface area (Å²) in [6, 6.07) is 19.8. The molecule has 0 aliphatic heterocycles. The van der Waals surface area contributed by atoms with Crippen LogP contribution in [0.5, 0.6) is 0 Å². The average Bonchev–Trinajstić information content (AvgIpc) is 2.41. The van der Waals surface area contributed by atoms with Crippen molar-refractivity contribution in [3.8, 4) is 0 Å². The molecular formula is C16H16O. The van der Waals surface area contributed by atoms with Crippen LogP contribution in [0.4, 0.5) is 0 Å². The van der Waals surface area contributed by atoms with E-state index in [2.05, 4.69) is 0 Å².